The van der Waals surface area contributed by atoms with Gasteiger partial charge >= 0.3 is 0 Å². The van der Waals surface area contributed by atoms with E-state index in [1.807, 2.05) is 0 Å². The van der Waals surface area contributed by atoms with Crippen molar-refractivity contribution in [1.82, 2.24) is 4.90 Å². The zero-order valence-electron chi connectivity index (χ0n) is 10.4. The van der Waals surface area contributed by atoms with Crippen molar-refractivity contribution in [2.75, 3.05) is 20.2 Å². The van der Waals surface area contributed by atoms with Crippen LogP contribution in [0.3, 0.4) is 0 Å². The van der Waals surface area contributed by atoms with Gasteiger partial charge in [0.05, 0.1) is 10.4 Å². The second-order valence-corrected chi connectivity index (χ2v) is 5.25. The summed E-state index contributed by atoms with van der Waals surface area (Å²) >= 11 is 5.03. The fraction of sp³-hybridized carbons (Fsp3) is 0.833. The lowest BCUT2D eigenvalue weighted by atomic mass is 9.67. The molecule has 0 radical (unpaired) electrons. The molecule has 3 N–H and O–H groups in total. The van der Waals surface area contributed by atoms with E-state index >= 15 is 0 Å². The summed E-state index contributed by atoms with van der Waals surface area (Å²) in [5, 5.41) is 8.68. The van der Waals surface area contributed by atoms with Crippen LogP contribution in [0.15, 0.2) is 0 Å². The summed E-state index contributed by atoms with van der Waals surface area (Å²) in [6.45, 7) is 0.928. The third kappa shape index (κ3) is 3.16. The summed E-state index contributed by atoms with van der Waals surface area (Å²) in [7, 11) is 1.81. The fourth-order valence-electron chi connectivity index (χ4n) is 2.20. The van der Waals surface area contributed by atoms with Gasteiger partial charge in [-0.2, -0.15) is 0 Å². The van der Waals surface area contributed by atoms with Gasteiger partial charge in [0.15, 0.2) is 0 Å². The van der Waals surface area contributed by atoms with E-state index in [4.69, 9.17) is 23.1 Å². The van der Waals surface area contributed by atoms with Crippen molar-refractivity contribution < 1.29 is 9.90 Å². The van der Waals surface area contributed by atoms with Crippen LogP contribution in [0.25, 0.3) is 0 Å². The Bertz CT molecular complexity index is 290. The number of carbonyl (C=O) groups excluding carboxylic acids is 1. The number of carbonyl (C=O) groups is 1. The van der Waals surface area contributed by atoms with Crippen LogP contribution in [-0.4, -0.2) is 41.1 Å². The summed E-state index contributed by atoms with van der Waals surface area (Å²) in [4.78, 5) is 14.3. The van der Waals surface area contributed by atoms with Crippen molar-refractivity contribution in [3.8, 4) is 0 Å². The number of hydrogen-bond acceptors (Lipinski definition) is 3. The maximum atomic E-state index is 12.3. The first-order valence-corrected chi connectivity index (χ1v) is 6.62. The van der Waals surface area contributed by atoms with Gasteiger partial charge in [-0.05, 0) is 32.1 Å². The van der Waals surface area contributed by atoms with E-state index in [1.165, 1.54) is 0 Å². The lowest BCUT2D eigenvalue weighted by Gasteiger charge is -2.41. The van der Waals surface area contributed by atoms with Crippen molar-refractivity contribution in [2.45, 2.75) is 38.5 Å². The van der Waals surface area contributed by atoms with E-state index in [1.54, 1.807) is 11.9 Å². The molecule has 1 aliphatic carbocycles. The maximum absolute atomic E-state index is 12.3. The predicted molar refractivity (Wildman–Crippen MR) is 71.6 cm³/mol. The quantitative estimate of drug-likeness (QED) is 0.529. The summed E-state index contributed by atoms with van der Waals surface area (Å²) < 4.78 is 0. The molecule has 0 bridgehead atoms. The van der Waals surface area contributed by atoms with Crippen LogP contribution < -0.4 is 5.73 Å². The first kappa shape index (κ1) is 14.4. The van der Waals surface area contributed by atoms with E-state index < -0.39 is 5.41 Å². The smallest absolute Gasteiger partial charge is 0.235 e. The Morgan fingerprint density at radius 2 is 2.06 bits per heavy atom. The lowest BCUT2D eigenvalue weighted by Crippen LogP contribution is -2.53. The van der Waals surface area contributed by atoms with Crippen LogP contribution in [0.5, 0.6) is 0 Å². The minimum Gasteiger partial charge on any atom is -0.396 e. The molecule has 5 heteroatoms. The van der Waals surface area contributed by atoms with E-state index in [0.29, 0.717) is 11.5 Å². The van der Waals surface area contributed by atoms with Gasteiger partial charge in [0.1, 0.15) is 0 Å². The molecule has 0 aliphatic heterocycles. The molecule has 1 fully saturated rings. The minimum atomic E-state index is -0.555. The molecule has 0 aromatic heterocycles. The van der Waals surface area contributed by atoms with Gasteiger partial charge in [-0.3, -0.25) is 4.79 Å². The van der Waals surface area contributed by atoms with Gasteiger partial charge in [-0.15, -0.1) is 0 Å². The van der Waals surface area contributed by atoms with Crippen LogP contribution >= 0.6 is 12.2 Å². The predicted octanol–water partition coefficient (Wildman–Crippen LogP) is 1.06. The Morgan fingerprint density at radius 1 is 1.41 bits per heavy atom. The van der Waals surface area contributed by atoms with Crippen molar-refractivity contribution >= 4 is 23.1 Å². The second kappa shape index (κ2) is 6.31. The molecule has 4 nitrogen and oxygen atoms in total. The number of thiocarbonyl (C=S) groups is 1. The molecule has 0 aromatic rings. The highest BCUT2D eigenvalue weighted by Gasteiger charge is 2.48. The van der Waals surface area contributed by atoms with E-state index in [-0.39, 0.29) is 12.5 Å². The standard InChI is InChI=1S/C12H22N2O2S/c1-14(8-3-2-4-9-15)11(16)12(10(13)17)6-5-7-12/h15H,2-9H2,1H3,(H2,13,17). The number of aliphatic hydroxyl groups excluding tert-OH is 1. The molecule has 0 heterocycles. The third-order valence-electron chi connectivity index (χ3n) is 3.59. The van der Waals surface area contributed by atoms with Gasteiger partial charge in [0.25, 0.3) is 0 Å². The van der Waals surface area contributed by atoms with Crippen molar-refractivity contribution in [3.63, 3.8) is 0 Å². The Morgan fingerprint density at radius 3 is 2.47 bits per heavy atom. The molecular weight excluding hydrogens is 236 g/mol. The number of nitrogens with zero attached hydrogens (tertiary/aromatic N) is 1. The molecule has 0 spiro atoms. The molecule has 0 aromatic carbocycles. The monoisotopic (exact) mass is 258 g/mol. The first-order chi connectivity index (χ1) is 8.04. The zero-order valence-corrected chi connectivity index (χ0v) is 11.3. The first-order valence-electron chi connectivity index (χ1n) is 6.21. The molecular formula is C12H22N2O2S. The molecule has 0 unspecified atom stereocenters. The Balaban J connectivity index is 2.43. The van der Waals surface area contributed by atoms with Crippen molar-refractivity contribution in [2.24, 2.45) is 11.1 Å². The van der Waals surface area contributed by atoms with Gasteiger partial charge in [0.2, 0.25) is 5.91 Å². The zero-order chi connectivity index (χ0) is 12.9. The molecule has 1 amide bonds. The van der Waals surface area contributed by atoms with Crippen LogP contribution in [0.4, 0.5) is 0 Å². The summed E-state index contributed by atoms with van der Waals surface area (Å²) in [5.74, 6) is 0.0697. The molecule has 1 aliphatic rings. The fourth-order valence-corrected chi connectivity index (χ4v) is 2.49. The molecule has 1 saturated carbocycles. The number of hydrogen-bond donors (Lipinski definition) is 2. The largest absolute Gasteiger partial charge is 0.396 e. The van der Waals surface area contributed by atoms with Crippen LogP contribution in [0, 0.1) is 5.41 Å². The van der Waals surface area contributed by atoms with Crippen molar-refractivity contribution in [3.05, 3.63) is 0 Å². The number of unbranched alkanes of at least 4 members (excludes halogenated alkanes) is 2. The molecule has 98 valence electrons. The van der Waals surface area contributed by atoms with Crippen LogP contribution in [0.1, 0.15) is 38.5 Å². The van der Waals surface area contributed by atoms with Crippen molar-refractivity contribution in [1.29, 1.82) is 0 Å². The van der Waals surface area contributed by atoms with E-state index in [2.05, 4.69) is 0 Å². The normalized spacial score (nSPS) is 17.3. The number of amides is 1. The second-order valence-electron chi connectivity index (χ2n) is 4.81. The molecule has 1 rings (SSSR count). The number of aliphatic hydroxyl groups is 1. The van der Waals surface area contributed by atoms with Gasteiger partial charge in [-0.1, -0.05) is 18.6 Å². The van der Waals surface area contributed by atoms with Crippen LogP contribution in [0.2, 0.25) is 0 Å². The summed E-state index contributed by atoms with van der Waals surface area (Å²) in [5.41, 5.74) is 5.14. The Labute approximate surface area is 108 Å². The minimum absolute atomic E-state index is 0.0697. The summed E-state index contributed by atoms with van der Waals surface area (Å²) in [6, 6.07) is 0. The lowest BCUT2D eigenvalue weighted by molar-refractivity contribution is -0.140. The number of rotatable bonds is 7. The Hall–Kier alpha value is -0.680. The molecule has 0 saturated heterocycles. The average Bonchev–Trinajstić information content (AvgIpc) is 2.21. The van der Waals surface area contributed by atoms with Crippen LogP contribution in [-0.2, 0) is 4.79 Å². The average molecular weight is 258 g/mol. The topological polar surface area (TPSA) is 66.6 Å². The maximum Gasteiger partial charge on any atom is 0.235 e. The highest BCUT2D eigenvalue weighted by atomic mass is 32.1. The Kier molecular flexibility index (Phi) is 5.33. The summed E-state index contributed by atoms with van der Waals surface area (Å²) in [6.07, 6.45) is 5.26. The van der Waals surface area contributed by atoms with E-state index in [0.717, 1.165) is 38.5 Å². The van der Waals surface area contributed by atoms with Gasteiger partial charge < -0.3 is 15.7 Å². The molecule has 0 atom stereocenters. The third-order valence-corrected chi connectivity index (χ3v) is 3.98. The number of nitrogens with two attached hydrogens (primary N) is 1. The SMILES string of the molecule is CN(CCCCCO)C(=O)C1(C(N)=S)CCC1. The highest BCUT2D eigenvalue weighted by Crippen LogP contribution is 2.42. The van der Waals surface area contributed by atoms with Gasteiger partial charge in [0, 0.05) is 20.2 Å². The van der Waals surface area contributed by atoms with E-state index in [9.17, 15) is 4.79 Å². The molecule has 17 heavy (non-hydrogen) atoms. The highest BCUT2D eigenvalue weighted by molar-refractivity contribution is 7.80. The van der Waals surface area contributed by atoms with Gasteiger partial charge in [-0.25, -0.2) is 0 Å².